The van der Waals surface area contributed by atoms with Crippen LogP contribution in [0.4, 0.5) is 0 Å². The quantitative estimate of drug-likeness (QED) is 0.345. The van der Waals surface area contributed by atoms with Gasteiger partial charge < -0.3 is 35.0 Å². The largest absolute Gasteiger partial charge is 0.502 e. The summed E-state index contributed by atoms with van der Waals surface area (Å²) in [6, 6.07) is 0. The Morgan fingerprint density at radius 2 is 2.00 bits per heavy atom. The lowest BCUT2D eigenvalue weighted by atomic mass is 10.2. The summed E-state index contributed by atoms with van der Waals surface area (Å²) in [5.41, 5.74) is 0. The molecule has 2 rings (SSSR count). The number of hydrogen-bond acceptors (Lipinski definition) is 7. The summed E-state index contributed by atoms with van der Waals surface area (Å²) in [4.78, 5) is 0. The molecule has 0 fully saturated rings. The summed E-state index contributed by atoms with van der Waals surface area (Å²) in [7, 11) is 0. The summed E-state index contributed by atoms with van der Waals surface area (Å²) in [6.45, 7) is 0. The van der Waals surface area contributed by atoms with Crippen LogP contribution in [0.15, 0.2) is 35.7 Å². The van der Waals surface area contributed by atoms with Crippen molar-refractivity contribution in [3.05, 3.63) is 35.7 Å². The molecule has 5 N–H and O–H groups in total. The number of ether oxygens (including phenoxy) is 2. The number of aliphatic hydroxyl groups excluding tert-OH is 4. The van der Waals surface area contributed by atoms with E-state index in [1.165, 1.54) is 12.2 Å². The van der Waals surface area contributed by atoms with Gasteiger partial charge in [0.25, 0.3) is 0 Å². The minimum atomic E-state index is -2.57. The van der Waals surface area contributed by atoms with E-state index in [1.54, 1.807) is 0 Å². The van der Waals surface area contributed by atoms with Gasteiger partial charge in [0.1, 0.15) is 6.26 Å². The predicted molar refractivity (Wildman–Crippen MR) is 53.7 cm³/mol. The van der Waals surface area contributed by atoms with Crippen LogP contribution in [0.3, 0.4) is 0 Å². The molecule has 1 aliphatic heterocycles. The molecule has 1 unspecified atom stereocenters. The molecule has 17 heavy (non-hydrogen) atoms. The smallest absolute Gasteiger partial charge is 0.391 e. The molecule has 94 valence electrons. The zero-order chi connectivity index (χ0) is 12.6. The molecule has 0 amide bonds. The third-order valence-electron chi connectivity index (χ3n) is 2.43. The molecular weight excluding hydrogens is 232 g/mol. The molecule has 0 radical (unpaired) electrons. The maximum atomic E-state index is 9.79. The molecule has 7 nitrogen and oxygen atoms in total. The number of rotatable bonds is 2. The van der Waals surface area contributed by atoms with Crippen molar-refractivity contribution < 1.29 is 35.0 Å². The SMILES string of the molecule is OC1=COC(O)(O[C@H]2C=C[C@@H](O)C2)C(O)=C1O. The van der Waals surface area contributed by atoms with Crippen molar-refractivity contribution >= 4 is 0 Å². The average molecular weight is 244 g/mol. The van der Waals surface area contributed by atoms with Gasteiger partial charge in [-0.25, -0.2) is 0 Å². The summed E-state index contributed by atoms with van der Waals surface area (Å²) in [6.07, 6.45) is 2.40. The van der Waals surface area contributed by atoms with Crippen LogP contribution in [0.25, 0.3) is 0 Å². The van der Waals surface area contributed by atoms with E-state index in [4.69, 9.17) is 9.84 Å². The van der Waals surface area contributed by atoms with Crippen LogP contribution in [0.1, 0.15) is 6.42 Å². The lowest BCUT2D eigenvalue weighted by Gasteiger charge is -2.30. The van der Waals surface area contributed by atoms with Crippen LogP contribution >= 0.6 is 0 Å². The molecule has 0 bridgehead atoms. The van der Waals surface area contributed by atoms with Crippen LogP contribution in [0.5, 0.6) is 0 Å². The third-order valence-corrected chi connectivity index (χ3v) is 2.43. The zero-order valence-electron chi connectivity index (χ0n) is 8.65. The lowest BCUT2D eigenvalue weighted by molar-refractivity contribution is -0.343. The Morgan fingerprint density at radius 3 is 2.59 bits per heavy atom. The van der Waals surface area contributed by atoms with E-state index in [1.807, 2.05) is 0 Å². The number of hydrogen-bond donors (Lipinski definition) is 5. The second kappa shape index (κ2) is 3.95. The molecule has 1 heterocycles. The molecule has 2 aliphatic rings. The van der Waals surface area contributed by atoms with E-state index in [0.29, 0.717) is 6.26 Å². The van der Waals surface area contributed by atoms with E-state index < -0.39 is 35.5 Å². The molecule has 0 aromatic heterocycles. The first-order chi connectivity index (χ1) is 7.92. The fourth-order valence-electron chi connectivity index (χ4n) is 1.54. The van der Waals surface area contributed by atoms with Crippen molar-refractivity contribution in [3.8, 4) is 0 Å². The highest BCUT2D eigenvalue weighted by molar-refractivity contribution is 5.25. The fraction of sp³-hybridized carbons (Fsp3) is 0.400. The molecule has 1 aliphatic carbocycles. The minimum absolute atomic E-state index is 0.190. The molecule has 0 saturated carbocycles. The van der Waals surface area contributed by atoms with E-state index in [2.05, 4.69) is 4.74 Å². The Balaban J connectivity index is 2.13. The van der Waals surface area contributed by atoms with Gasteiger partial charge in [0.05, 0.1) is 12.2 Å². The highest BCUT2D eigenvalue weighted by atomic mass is 16.8. The van der Waals surface area contributed by atoms with E-state index in [9.17, 15) is 20.4 Å². The van der Waals surface area contributed by atoms with Crippen molar-refractivity contribution in [1.82, 2.24) is 0 Å². The summed E-state index contributed by atoms with van der Waals surface area (Å²) >= 11 is 0. The van der Waals surface area contributed by atoms with Gasteiger partial charge in [0.15, 0.2) is 5.76 Å². The van der Waals surface area contributed by atoms with E-state index >= 15 is 0 Å². The summed E-state index contributed by atoms with van der Waals surface area (Å²) < 4.78 is 9.60. The molecule has 0 aromatic rings. The third kappa shape index (κ3) is 2.07. The van der Waals surface area contributed by atoms with Gasteiger partial charge in [0, 0.05) is 6.42 Å². The Morgan fingerprint density at radius 1 is 1.29 bits per heavy atom. The summed E-state index contributed by atoms with van der Waals surface area (Å²) in [5.74, 6) is -5.28. The van der Waals surface area contributed by atoms with Gasteiger partial charge in [-0.15, -0.1) is 0 Å². The topological polar surface area (TPSA) is 120 Å². The first-order valence-corrected chi connectivity index (χ1v) is 4.89. The van der Waals surface area contributed by atoms with Crippen LogP contribution in [0.2, 0.25) is 0 Å². The molecule has 7 heteroatoms. The average Bonchev–Trinajstić information content (AvgIpc) is 2.67. The van der Waals surface area contributed by atoms with Crippen LogP contribution in [-0.2, 0) is 9.47 Å². The van der Waals surface area contributed by atoms with Gasteiger partial charge in [0.2, 0.25) is 11.5 Å². The van der Waals surface area contributed by atoms with Gasteiger partial charge >= 0.3 is 5.97 Å². The Hall–Kier alpha value is -1.70. The highest BCUT2D eigenvalue weighted by Crippen LogP contribution is 2.31. The first kappa shape index (κ1) is 11.8. The second-order valence-corrected chi connectivity index (χ2v) is 3.74. The maximum Gasteiger partial charge on any atom is 0.391 e. The molecule has 0 spiro atoms. The molecule has 3 atom stereocenters. The van der Waals surface area contributed by atoms with E-state index in [-0.39, 0.29) is 6.42 Å². The van der Waals surface area contributed by atoms with E-state index in [0.717, 1.165) is 0 Å². The Bertz CT molecular complexity index is 411. The van der Waals surface area contributed by atoms with Crippen LogP contribution in [-0.4, -0.2) is 43.7 Å². The van der Waals surface area contributed by atoms with Crippen molar-refractivity contribution in [1.29, 1.82) is 0 Å². The fourth-order valence-corrected chi connectivity index (χ4v) is 1.54. The Labute approximate surface area is 96.1 Å². The normalized spacial score (nSPS) is 36.9. The van der Waals surface area contributed by atoms with Crippen molar-refractivity contribution in [2.75, 3.05) is 0 Å². The minimum Gasteiger partial charge on any atom is -0.502 e. The predicted octanol–water partition coefficient (Wildman–Crippen LogP) is 0.0957. The van der Waals surface area contributed by atoms with Crippen molar-refractivity contribution in [2.24, 2.45) is 0 Å². The van der Waals surface area contributed by atoms with Crippen molar-refractivity contribution in [2.45, 2.75) is 24.6 Å². The van der Waals surface area contributed by atoms with Gasteiger partial charge in [-0.2, -0.15) is 0 Å². The summed E-state index contributed by atoms with van der Waals surface area (Å²) in [5, 5.41) is 46.7. The lowest BCUT2D eigenvalue weighted by Crippen LogP contribution is -2.42. The first-order valence-electron chi connectivity index (χ1n) is 4.89. The second-order valence-electron chi connectivity index (χ2n) is 3.74. The molecule has 0 aromatic carbocycles. The van der Waals surface area contributed by atoms with Gasteiger partial charge in [-0.1, -0.05) is 12.2 Å². The zero-order valence-corrected chi connectivity index (χ0v) is 8.65. The highest BCUT2D eigenvalue weighted by Gasteiger charge is 2.44. The van der Waals surface area contributed by atoms with Crippen LogP contribution < -0.4 is 0 Å². The monoisotopic (exact) mass is 244 g/mol. The van der Waals surface area contributed by atoms with Gasteiger partial charge in [-0.05, 0) is 0 Å². The number of aliphatic hydroxyl groups is 5. The molecular formula is C10H12O7. The Kier molecular flexibility index (Phi) is 2.74. The van der Waals surface area contributed by atoms with Crippen LogP contribution in [0, 0.1) is 0 Å². The maximum absolute atomic E-state index is 9.79. The van der Waals surface area contributed by atoms with Crippen molar-refractivity contribution in [3.63, 3.8) is 0 Å². The van der Waals surface area contributed by atoms with Gasteiger partial charge in [-0.3, -0.25) is 0 Å². The molecule has 0 saturated heterocycles. The standard InChI is InChI=1S/C10H12O7/c11-5-1-2-6(3-5)17-10(15)9(14)8(13)7(12)4-16-10/h1-2,4-6,11-15H,3H2/t5-,6+,10?/m1/s1.